The maximum Gasteiger partial charge on any atom is 0.251 e. The zero-order valence-electron chi connectivity index (χ0n) is 20.4. The monoisotopic (exact) mass is 532 g/mol. The van der Waals surface area contributed by atoms with Crippen LogP contribution in [0, 0.1) is 6.92 Å². The van der Waals surface area contributed by atoms with E-state index in [9.17, 15) is 18.3 Å². The second kappa shape index (κ2) is 9.85. The molecule has 0 radical (unpaired) electrons. The first-order valence-corrected chi connectivity index (χ1v) is 13.3. The van der Waals surface area contributed by atoms with Crippen LogP contribution >= 0.6 is 11.6 Å². The normalized spacial score (nSPS) is 18.8. The summed E-state index contributed by atoms with van der Waals surface area (Å²) in [6, 6.07) is 13.4. The summed E-state index contributed by atoms with van der Waals surface area (Å²) < 4.78 is 36.6. The molecule has 3 aromatic rings. The van der Waals surface area contributed by atoms with Crippen molar-refractivity contribution in [3.05, 3.63) is 76.1 Å². The number of carbonyl (C=O) groups excluding carboxylic acids is 1. The van der Waals surface area contributed by atoms with E-state index >= 15 is 0 Å². The number of hydrogen-bond donors (Lipinski definition) is 3. The minimum absolute atomic E-state index is 0.167. The van der Waals surface area contributed by atoms with Gasteiger partial charge in [0, 0.05) is 24.7 Å². The minimum Gasteiger partial charge on any atom is -0.485 e. The molecule has 1 amide bonds. The average Bonchev–Trinajstić information content (AvgIpc) is 3.08. The average molecular weight is 533 g/mol. The van der Waals surface area contributed by atoms with E-state index in [2.05, 4.69) is 15.1 Å². The summed E-state index contributed by atoms with van der Waals surface area (Å²) in [5.41, 5.74) is 1.00. The first-order chi connectivity index (χ1) is 16.9. The van der Waals surface area contributed by atoms with E-state index in [0.717, 1.165) is 5.56 Å². The molecule has 4 rings (SSSR count). The maximum atomic E-state index is 13.3. The predicted octanol–water partition coefficient (Wildman–Crippen LogP) is 2.91. The van der Waals surface area contributed by atoms with Crippen molar-refractivity contribution in [2.24, 2.45) is 7.05 Å². The molecule has 1 aliphatic rings. The van der Waals surface area contributed by atoms with Crippen LogP contribution in [0.15, 0.2) is 53.4 Å². The highest BCUT2D eigenvalue weighted by Crippen LogP contribution is 2.41. The van der Waals surface area contributed by atoms with Crippen LogP contribution in [0.2, 0.25) is 5.15 Å². The molecule has 0 unspecified atom stereocenters. The van der Waals surface area contributed by atoms with Gasteiger partial charge in [0.25, 0.3) is 5.91 Å². The van der Waals surface area contributed by atoms with E-state index in [-0.39, 0.29) is 16.0 Å². The number of nitrogens with one attached hydrogen (secondary N) is 2. The molecule has 0 aliphatic carbocycles. The third-order valence-electron chi connectivity index (χ3n) is 6.34. The van der Waals surface area contributed by atoms with E-state index in [1.807, 2.05) is 30.3 Å². The summed E-state index contributed by atoms with van der Waals surface area (Å²) in [5.74, 6) is 0.0497. The third kappa shape index (κ3) is 5.12. The maximum absolute atomic E-state index is 13.3. The lowest BCUT2D eigenvalue weighted by molar-refractivity contribution is -0.0603. The summed E-state index contributed by atoms with van der Waals surface area (Å²) in [4.78, 5) is 12.7. The van der Waals surface area contributed by atoms with Crippen molar-refractivity contribution in [3.63, 3.8) is 0 Å². The highest BCUT2D eigenvalue weighted by atomic mass is 35.5. The number of benzene rings is 2. The number of fused-ring (bicyclic) bond motifs is 1. The van der Waals surface area contributed by atoms with Gasteiger partial charge in [-0.3, -0.25) is 9.48 Å². The fourth-order valence-electron chi connectivity index (χ4n) is 4.22. The van der Waals surface area contributed by atoms with E-state index in [1.165, 1.54) is 10.7 Å². The van der Waals surface area contributed by atoms with Gasteiger partial charge in [-0.05, 0) is 51.0 Å². The van der Waals surface area contributed by atoms with E-state index in [0.29, 0.717) is 35.5 Å². The Morgan fingerprint density at radius 2 is 1.92 bits per heavy atom. The van der Waals surface area contributed by atoms with Gasteiger partial charge in [0.1, 0.15) is 22.4 Å². The van der Waals surface area contributed by atoms with Crippen LogP contribution in [0.3, 0.4) is 0 Å². The zero-order chi connectivity index (χ0) is 26.3. The van der Waals surface area contributed by atoms with Crippen molar-refractivity contribution in [2.75, 3.05) is 6.54 Å². The molecule has 0 bridgehead atoms. The number of aliphatic hydroxyl groups excluding tert-OH is 1. The molecule has 36 heavy (non-hydrogen) atoms. The van der Waals surface area contributed by atoms with Gasteiger partial charge in [0.2, 0.25) is 10.0 Å². The second-order valence-corrected chi connectivity index (χ2v) is 11.3. The highest BCUT2D eigenvalue weighted by Gasteiger charge is 2.45. The van der Waals surface area contributed by atoms with Crippen molar-refractivity contribution < 1.29 is 23.1 Å². The lowest BCUT2D eigenvalue weighted by Crippen LogP contribution is -2.53. The van der Waals surface area contributed by atoms with Gasteiger partial charge in [-0.15, -0.1) is 0 Å². The zero-order valence-corrected chi connectivity index (χ0v) is 22.0. The number of aromatic nitrogens is 2. The van der Waals surface area contributed by atoms with E-state index < -0.39 is 27.8 Å². The molecule has 2 aromatic carbocycles. The first kappa shape index (κ1) is 26.2. The number of nitrogens with zero attached hydrogens (tertiary/aromatic N) is 2. The molecular formula is C25H29ClN4O5S. The molecule has 192 valence electrons. The quantitative estimate of drug-likeness (QED) is 0.430. The van der Waals surface area contributed by atoms with Gasteiger partial charge in [-0.25, -0.2) is 13.1 Å². The first-order valence-electron chi connectivity index (χ1n) is 11.5. The SMILES string of the molecule is Cc1c(S(=O)(=O)N[C@@H]2c3cc(C(=O)NCCc4ccccc4)ccc3OC(C)(C)[C@H]2O)c(Cl)nn1C. The molecule has 0 spiro atoms. The van der Waals surface area contributed by atoms with Crippen LogP contribution in [0.4, 0.5) is 0 Å². The molecule has 9 nitrogen and oxygen atoms in total. The van der Waals surface area contributed by atoms with Crippen molar-refractivity contribution in [1.82, 2.24) is 19.8 Å². The summed E-state index contributed by atoms with van der Waals surface area (Å²) in [6.45, 7) is 5.34. The number of ether oxygens (including phenoxy) is 1. The van der Waals surface area contributed by atoms with Crippen molar-refractivity contribution in [1.29, 1.82) is 0 Å². The van der Waals surface area contributed by atoms with E-state index in [1.54, 1.807) is 40.0 Å². The van der Waals surface area contributed by atoms with Gasteiger partial charge >= 0.3 is 0 Å². The molecular weight excluding hydrogens is 504 g/mol. The third-order valence-corrected chi connectivity index (χ3v) is 8.31. The van der Waals surface area contributed by atoms with Crippen LogP contribution in [0.1, 0.15) is 47.1 Å². The molecule has 2 heterocycles. The molecule has 0 saturated carbocycles. The van der Waals surface area contributed by atoms with Gasteiger partial charge in [-0.2, -0.15) is 5.10 Å². The number of sulfonamides is 1. The standard InChI is InChI=1S/C25H29ClN4O5S/c1-15-21(23(26)28-30(15)4)36(33,34)29-20-18-14-17(10-11-19(18)35-25(2,3)22(20)31)24(32)27-13-12-16-8-6-5-7-9-16/h5-11,14,20,22,29,31H,12-13H2,1-4H3,(H,27,32)/t20-,22+/m1/s1. The number of aryl methyl sites for hydroxylation is 1. The molecule has 11 heteroatoms. The Bertz CT molecular complexity index is 1390. The second-order valence-electron chi connectivity index (χ2n) is 9.32. The molecule has 1 aromatic heterocycles. The smallest absolute Gasteiger partial charge is 0.251 e. The number of aliphatic hydroxyl groups is 1. The summed E-state index contributed by atoms with van der Waals surface area (Å²) in [6.07, 6.45) is -0.590. The summed E-state index contributed by atoms with van der Waals surface area (Å²) >= 11 is 6.11. The molecule has 2 atom stereocenters. The Morgan fingerprint density at radius 1 is 1.22 bits per heavy atom. The molecule has 1 aliphatic heterocycles. The number of rotatable bonds is 7. The molecule has 0 saturated heterocycles. The van der Waals surface area contributed by atoms with Crippen molar-refractivity contribution in [3.8, 4) is 5.75 Å². The fraction of sp³-hybridized carbons (Fsp3) is 0.360. The Labute approximate surface area is 215 Å². The van der Waals surface area contributed by atoms with Crippen LogP contribution in [0.25, 0.3) is 0 Å². The van der Waals surface area contributed by atoms with Crippen LogP contribution < -0.4 is 14.8 Å². The van der Waals surface area contributed by atoms with Crippen molar-refractivity contribution in [2.45, 2.75) is 49.8 Å². The lowest BCUT2D eigenvalue weighted by atomic mass is 9.86. The van der Waals surface area contributed by atoms with Gasteiger partial charge in [0.05, 0.1) is 11.7 Å². The lowest BCUT2D eigenvalue weighted by Gasteiger charge is -2.42. The topological polar surface area (TPSA) is 123 Å². The predicted molar refractivity (Wildman–Crippen MR) is 136 cm³/mol. The molecule has 3 N–H and O–H groups in total. The van der Waals surface area contributed by atoms with E-state index in [4.69, 9.17) is 16.3 Å². The Morgan fingerprint density at radius 3 is 2.56 bits per heavy atom. The number of halogens is 1. The van der Waals surface area contributed by atoms with Crippen LogP contribution in [-0.2, 0) is 23.5 Å². The van der Waals surface area contributed by atoms with Gasteiger partial charge in [0.15, 0.2) is 5.15 Å². The summed E-state index contributed by atoms with van der Waals surface area (Å²) in [7, 11) is -2.60. The number of amides is 1. The fourth-order valence-corrected chi connectivity index (χ4v) is 6.26. The highest BCUT2D eigenvalue weighted by molar-refractivity contribution is 7.89. The minimum atomic E-state index is -4.19. The van der Waals surface area contributed by atoms with Gasteiger partial charge in [-0.1, -0.05) is 41.9 Å². The van der Waals surface area contributed by atoms with Crippen molar-refractivity contribution >= 4 is 27.5 Å². The Kier molecular flexibility index (Phi) is 7.16. The largest absolute Gasteiger partial charge is 0.485 e. The van der Waals surface area contributed by atoms with Crippen LogP contribution in [-0.4, -0.2) is 47.5 Å². The number of carbonyl (C=O) groups is 1. The van der Waals surface area contributed by atoms with Gasteiger partial charge < -0.3 is 15.2 Å². The molecule has 0 fully saturated rings. The summed E-state index contributed by atoms with van der Waals surface area (Å²) in [5, 5.41) is 17.8. The number of hydrogen-bond acceptors (Lipinski definition) is 6. The van der Waals surface area contributed by atoms with Crippen LogP contribution in [0.5, 0.6) is 5.75 Å². The Balaban J connectivity index is 1.62. The Hall–Kier alpha value is -2.92.